The van der Waals surface area contributed by atoms with Crippen molar-refractivity contribution < 1.29 is 24.6 Å². The molecule has 0 heterocycles. The molecule has 0 fully saturated rings. The number of alkyl halides is 1. The molecule has 0 aliphatic rings. The highest BCUT2D eigenvalue weighted by molar-refractivity contribution is 8.24. The SMILES string of the molecule is CCN(CCOCCN=[N+]=[N-])c1ccc(C=O)cc1.CCN(CCOCCN=[N+]=[N-])c1ccccc1.O=P(Cl)(Cl)Cl.[2H]CF. The van der Waals surface area contributed by atoms with E-state index in [-0.39, 0.29) is 0 Å². The highest BCUT2D eigenvalue weighted by Crippen LogP contribution is 2.61. The monoisotopic (exact) mass is 683 g/mol. The number of hydrogen-bond acceptors (Lipinski definition) is 8. The molecule has 0 aromatic heterocycles. The summed E-state index contributed by atoms with van der Waals surface area (Å²) >= 11 is 13.8. The molecule has 17 heteroatoms. The number of azide groups is 2. The number of carbonyl (C=O) groups is 1. The Bertz CT molecular complexity index is 1120. The van der Waals surface area contributed by atoms with Crippen molar-refractivity contribution in [1.29, 1.82) is 0 Å². The van der Waals surface area contributed by atoms with E-state index in [0.29, 0.717) is 45.1 Å². The van der Waals surface area contributed by atoms with Crippen LogP contribution in [0.2, 0.25) is 0 Å². The fraction of sp³-hybridized carbons (Fsp3) is 0.500. The van der Waals surface area contributed by atoms with Crippen molar-refractivity contribution in [3.8, 4) is 0 Å². The minimum absolute atomic E-state index is 0.358. The van der Waals surface area contributed by atoms with E-state index >= 15 is 0 Å². The summed E-state index contributed by atoms with van der Waals surface area (Å²) in [4.78, 5) is 20.3. The van der Waals surface area contributed by atoms with Crippen LogP contribution >= 0.6 is 38.9 Å². The lowest BCUT2D eigenvalue weighted by atomic mass is 10.2. The van der Waals surface area contributed by atoms with E-state index in [1.807, 2.05) is 30.3 Å². The van der Waals surface area contributed by atoms with E-state index in [2.05, 4.69) is 89.6 Å². The van der Waals surface area contributed by atoms with Gasteiger partial charge in [-0.25, -0.2) is 0 Å². The average molecular weight is 685 g/mol. The molecule has 0 unspecified atom stereocenters. The zero-order valence-corrected chi connectivity index (χ0v) is 27.4. The van der Waals surface area contributed by atoms with Crippen LogP contribution < -0.4 is 9.80 Å². The standard InChI is InChI=1S/C13H18N4O2.C12H18N4O.CH3F.Cl3OP/c1-2-17(8-10-19-9-7-15-16-14)13-5-3-12(11-18)4-6-13;1-2-16(12-6-4-3-5-7-12)9-11-17-10-8-14-15-13;1-2;1-5(2,3)4/h3-6,11H,2,7-10H2,1H3;3-7H,2,8-11H2,1H3;1H3;/i;;1D;. The van der Waals surface area contributed by atoms with Crippen LogP contribution in [0.5, 0.6) is 0 Å². The first-order valence-corrected chi connectivity index (χ1v) is 17.3. The Balaban J connectivity index is 0. The molecule has 0 atom stereocenters. The van der Waals surface area contributed by atoms with E-state index in [1.54, 1.807) is 12.1 Å². The molecule has 12 nitrogen and oxygen atoms in total. The van der Waals surface area contributed by atoms with Gasteiger partial charge in [-0.2, -0.15) is 0 Å². The van der Waals surface area contributed by atoms with Gasteiger partial charge in [0.25, 0.3) is 0 Å². The van der Waals surface area contributed by atoms with Gasteiger partial charge in [0.05, 0.1) is 35.0 Å². The molecule has 2 aromatic carbocycles. The summed E-state index contributed by atoms with van der Waals surface area (Å²) in [7, 11) is -1.00. The Kier molecular flexibility index (Phi) is 27.5. The second kappa shape index (κ2) is 29.4. The van der Waals surface area contributed by atoms with Crippen LogP contribution in [0.3, 0.4) is 0 Å². The number of ether oxygens (including phenoxy) is 2. The zero-order chi connectivity index (χ0) is 33.5. The number of likely N-dealkylation sites (N-methyl/N-ethyl adjacent to an activating group) is 2. The van der Waals surface area contributed by atoms with Gasteiger partial charge < -0.3 is 19.3 Å². The van der Waals surface area contributed by atoms with Gasteiger partial charge in [0.2, 0.25) is 0 Å². The normalized spacial score (nSPS) is 9.95. The van der Waals surface area contributed by atoms with Crippen LogP contribution in [0, 0.1) is 0 Å². The molecular weight excluding hydrogens is 645 g/mol. The predicted octanol–water partition coefficient (Wildman–Crippen LogP) is 8.89. The molecule has 0 aliphatic carbocycles. The van der Waals surface area contributed by atoms with Gasteiger partial charge in [-0.3, -0.25) is 13.8 Å². The molecule has 43 heavy (non-hydrogen) atoms. The Morgan fingerprint density at radius 3 is 1.60 bits per heavy atom. The minimum atomic E-state index is -3.22. The van der Waals surface area contributed by atoms with Crippen LogP contribution in [0.4, 0.5) is 15.8 Å². The molecule has 0 aliphatic heterocycles. The summed E-state index contributed by atoms with van der Waals surface area (Å²) in [5, 5.41) is 3.58. The Morgan fingerprint density at radius 1 is 0.860 bits per heavy atom. The van der Waals surface area contributed by atoms with Gasteiger partial charge in [0.1, 0.15) is 6.29 Å². The van der Waals surface area contributed by atoms with Gasteiger partial charge in [0.15, 0.2) is 0 Å². The molecule has 2 rings (SSSR count). The van der Waals surface area contributed by atoms with Gasteiger partial charge in [-0.05, 0) is 95.0 Å². The summed E-state index contributed by atoms with van der Waals surface area (Å²) in [6.07, 6.45) is 0.832. The number of aldehydes is 1. The second-order valence-electron chi connectivity index (χ2n) is 7.74. The number of para-hydroxylation sites is 1. The quantitative estimate of drug-likeness (QED) is 0.0404. The molecule has 0 saturated carbocycles. The summed E-state index contributed by atoms with van der Waals surface area (Å²) in [5.41, 5.74) is 19.1. The number of halogens is 4. The summed E-state index contributed by atoms with van der Waals surface area (Å²) < 4.78 is 35.8. The fourth-order valence-corrected chi connectivity index (χ4v) is 3.20. The maximum atomic E-state index is 10.6. The smallest absolute Gasteiger partial charge is 0.339 e. The van der Waals surface area contributed by atoms with E-state index in [4.69, 9.17) is 21.9 Å². The maximum absolute atomic E-state index is 10.6. The van der Waals surface area contributed by atoms with Crippen molar-refractivity contribution in [1.82, 2.24) is 0 Å². The number of carbonyl (C=O) groups excluding carboxylic acids is 1. The first-order valence-electron chi connectivity index (χ1n) is 13.6. The first kappa shape index (κ1) is 40.3. The topological polar surface area (TPSA) is 157 Å². The lowest BCUT2D eigenvalue weighted by Crippen LogP contribution is -2.27. The molecule has 240 valence electrons. The van der Waals surface area contributed by atoms with E-state index in [0.717, 1.165) is 38.2 Å². The lowest BCUT2D eigenvalue weighted by Gasteiger charge is -2.23. The number of anilines is 2. The van der Waals surface area contributed by atoms with Crippen molar-refractivity contribution in [3.05, 3.63) is 81.0 Å². The first-order chi connectivity index (χ1) is 21.1. The van der Waals surface area contributed by atoms with E-state index < -0.39 is 12.4 Å². The Morgan fingerprint density at radius 2 is 1.26 bits per heavy atom. The summed E-state index contributed by atoms with van der Waals surface area (Å²) in [5.74, 6) is 0. The molecule has 0 amide bonds. The zero-order valence-electron chi connectivity index (χ0n) is 25.2. The predicted molar refractivity (Wildman–Crippen MR) is 176 cm³/mol. The summed E-state index contributed by atoms with van der Waals surface area (Å²) in [6, 6.07) is 17.7. The number of rotatable bonds is 17. The molecule has 0 bridgehead atoms. The molecule has 2 aromatic rings. The minimum Gasteiger partial charge on any atom is -0.379 e. The van der Waals surface area contributed by atoms with Crippen molar-refractivity contribution >= 4 is 56.6 Å². The maximum Gasteiger partial charge on any atom is 0.339 e. The summed E-state index contributed by atoms with van der Waals surface area (Å²) in [6.45, 7) is 10.5. The lowest BCUT2D eigenvalue weighted by molar-refractivity contribution is 0.112. The van der Waals surface area contributed by atoms with Crippen LogP contribution in [-0.4, -0.2) is 79.1 Å². The number of benzene rings is 2. The van der Waals surface area contributed by atoms with Crippen LogP contribution in [-0.2, 0) is 14.0 Å². The van der Waals surface area contributed by atoms with Gasteiger partial charge in [0, 0.05) is 66.0 Å². The van der Waals surface area contributed by atoms with Crippen LogP contribution in [0.15, 0.2) is 64.8 Å². The molecule has 0 spiro atoms. The molecular formula is C26H39Cl3FN8O4P. The van der Waals surface area contributed by atoms with Gasteiger partial charge >= 0.3 is 5.20 Å². The largest absolute Gasteiger partial charge is 0.379 e. The molecule has 0 N–H and O–H groups in total. The Hall–Kier alpha value is -2.72. The highest BCUT2D eigenvalue weighted by atomic mass is 36.0. The number of nitrogens with zero attached hydrogens (tertiary/aromatic N) is 8. The second-order valence-corrected chi connectivity index (χ2v) is 14.4. The highest BCUT2D eigenvalue weighted by Gasteiger charge is 2.05. The third-order valence-electron chi connectivity index (χ3n) is 5.09. The molecule has 0 saturated heterocycles. The van der Waals surface area contributed by atoms with Gasteiger partial charge in [-0.1, -0.05) is 28.4 Å². The van der Waals surface area contributed by atoms with Crippen molar-refractivity contribution in [2.45, 2.75) is 13.8 Å². The van der Waals surface area contributed by atoms with Crippen LogP contribution in [0.25, 0.3) is 20.9 Å². The number of hydrogen-bond donors (Lipinski definition) is 0. The Labute approximate surface area is 268 Å². The molecule has 0 radical (unpaired) electrons. The third kappa shape index (κ3) is 26.6. The van der Waals surface area contributed by atoms with Crippen molar-refractivity contribution in [3.63, 3.8) is 0 Å². The fourth-order valence-electron chi connectivity index (χ4n) is 3.20. The third-order valence-corrected chi connectivity index (χ3v) is 5.09. The van der Waals surface area contributed by atoms with Crippen LogP contribution in [0.1, 0.15) is 25.6 Å². The van der Waals surface area contributed by atoms with Gasteiger partial charge in [-0.15, -0.1) is 0 Å². The van der Waals surface area contributed by atoms with Crippen molar-refractivity contribution in [2.75, 3.05) is 82.6 Å². The van der Waals surface area contributed by atoms with E-state index in [9.17, 15) is 13.8 Å². The average Bonchev–Trinajstić information content (AvgIpc) is 3.01. The van der Waals surface area contributed by atoms with Crippen molar-refractivity contribution in [2.24, 2.45) is 10.2 Å². The van der Waals surface area contributed by atoms with E-state index in [1.165, 1.54) is 5.69 Å².